The van der Waals surface area contributed by atoms with Gasteiger partial charge in [-0.15, -0.1) is 0 Å². The highest BCUT2D eigenvalue weighted by molar-refractivity contribution is 7.88. The normalized spacial score (nSPS) is 16.2. The van der Waals surface area contributed by atoms with E-state index in [1.165, 1.54) is 0 Å². The second kappa shape index (κ2) is 21.1. The number of rotatable bonds is 14. The van der Waals surface area contributed by atoms with E-state index in [4.69, 9.17) is 4.18 Å². The lowest BCUT2D eigenvalue weighted by Crippen LogP contribution is -2.89. The Morgan fingerprint density at radius 1 is 0.183 bits per heavy atom. The lowest BCUT2D eigenvalue weighted by molar-refractivity contribution is -0.0413. The molecule has 12 aromatic rings. The summed E-state index contributed by atoms with van der Waals surface area (Å²) in [4.78, 5) is 0. The van der Waals surface area contributed by atoms with Gasteiger partial charge in [-0.05, 0) is 73.3 Å². The second-order valence-electron chi connectivity index (χ2n) is 21.3. The zero-order chi connectivity index (χ0) is 55.6. The molecule has 3 nitrogen and oxygen atoms in total. The predicted octanol–water partition coefficient (Wildman–Crippen LogP) is 17.2. The van der Waals surface area contributed by atoms with E-state index in [-0.39, 0.29) is 5.75 Å². The predicted molar refractivity (Wildman–Crippen MR) is 332 cm³/mol. The maximum Gasteiger partial charge on any atom is 0.321 e. The van der Waals surface area contributed by atoms with Crippen LogP contribution in [0.1, 0.15) is 61.2 Å². The first kappa shape index (κ1) is 51.8. The molecule has 0 unspecified atom stereocenters. The van der Waals surface area contributed by atoms with E-state index in [0.717, 1.165) is 55.6 Å². The van der Waals surface area contributed by atoms with Crippen molar-refractivity contribution in [1.82, 2.24) is 0 Å². The van der Waals surface area contributed by atoms with E-state index in [0.29, 0.717) is 5.56 Å². The van der Waals surface area contributed by atoms with E-state index in [9.17, 15) is 0 Å². The molecule has 0 radical (unpaired) electrons. The average molecular weight is 1080 g/mol. The highest BCUT2D eigenvalue weighted by atomic mass is 32.2. The Hall–Kier alpha value is -9.61. The third-order valence-electron chi connectivity index (χ3n) is 17.9. The molecule has 0 bridgehead atoms. The first-order valence-corrected chi connectivity index (χ1v) is 29.5. The molecule has 0 amide bonds. The average Bonchev–Trinajstić information content (AvgIpc) is 0.686. The van der Waals surface area contributed by atoms with E-state index in [2.05, 4.69) is 291 Å². The molecule has 1 fully saturated rings. The van der Waals surface area contributed by atoms with Crippen LogP contribution in [0.2, 0.25) is 0 Å². The van der Waals surface area contributed by atoms with E-state index >= 15 is 8.42 Å². The van der Waals surface area contributed by atoms with E-state index in [1.54, 1.807) is 12.1 Å². The minimum Gasteiger partial charge on any atom is -0.382 e. The molecule has 0 N–H and O–H groups in total. The van der Waals surface area contributed by atoms with Crippen LogP contribution in [0, 0.1) is 0 Å². The highest BCUT2D eigenvalue weighted by Crippen LogP contribution is 2.87. The summed E-state index contributed by atoms with van der Waals surface area (Å²) in [6.45, 7) is 0. The number of hydrogen-bond donors (Lipinski definition) is 0. The summed E-state index contributed by atoms with van der Waals surface area (Å²) in [5, 5.41) is 0. The standard InChI is InChI=1S/C78H60O3S/c79-82(80,81-72-59-35-12-36-60-72)78(71-57-33-11-34-58-71)76(67-49-25-7-26-50-67,68-51-27-8-28-52-68)74(63-41-17-3-18-42-63,64-43-19-4-20-44-64)73(61-37-13-1-14-38-61,62-39-15-2-16-40-62)75(65-45-21-5-22-46-65,66-47-23-6-24-48-66)77(78,69-53-29-9-30-54-69)70-55-31-10-32-56-70/h1-60H. The topological polar surface area (TPSA) is 43.4 Å². The van der Waals surface area contributed by atoms with Gasteiger partial charge in [0, 0.05) is 0 Å². The molecule has 0 heterocycles. The van der Waals surface area contributed by atoms with Crippen molar-refractivity contribution in [3.05, 3.63) is 425 Å². The van der Waals surface area contributed by atoms with Gasteiger partial charge in [0.25, 0.3) is 0 Å². The molecular weight excluding hydrogens is 1020 g/mol. The SMILES string of the molecule is O=S(=O)(Oc1ccccc1)C1(c2ccccc2)C(c2ccccc2)(c2ccccc2)C(c2ccccc2)(c2ccccc2)C(c2ccccc2)(c2ccccc2)C(c2ccccc2)(c2ccccc2)C1(c1ccccc1)c1ccccc1. The fourth-order valence-electron chi connectivity index (χ4n) is 15.9. The molecule has 0 aliphatic heterocycles. The molecule has 82 heavy (non-hydrogen) atoms. The molecule has 0 spiro atoms. The van der Waals surface area contributed by atoms with Crippen LogP contribution in [0.25, 0.3) is 0 Å². The van der Waals surface area contributed by atoms with Gasteiger partial charge in [0.15, 0.2) is 4.75 Å². The Labute approximate surface area is 482 Å². The van der Waals surface area contributed by atoms with Crippen molar-refractivity contribution in [2.24, 2.45) is 0 Å². The van der Waals surface area contributed by atoms with E-state index in [1.807, 2.05) is 60.7 Å². The van der Waals surface area contributed by atoms with Crippen molar-refractivity contribution in [3.63, 3.8) is 0 Å². The van der Waals surface area contributed by atoms with Crippen molar-refractivity contribution in [2.45, 2.75) is 31.8 Å². The second-order valence-corrected chi connectivity index (χ2v) is 23.0. The summed E-state index contributed by atoms with van der Waals surface area (Å²) in [5.74, 6) is 0.181. The zero-order valence-electron chi connectivity index (χ0n) is 45.3. The lowest BCUT2D eigenvalue weighted by Gasteiger charge is -2.82. The largest absolute Gasteiger partial charge is 0.382 e. The third kappa shape index (κ3) is 6.98. The van der Waals surface area contributed by atoms with Gasteiger partial charge < -0.3 is 4.18 Å². The van der Waals surface area contributed by atoms with Crippen molar-refractivity contribution in [1.29, 1.82) is 0 Å². The summed E-state index contributed by atoms with van der Waals surface area (Å²) >= 11 is 0. The molecule has 12 aromatic carbocycles. The minimum atomic E-state index is -5.35. The number of benzene rings is 12. The van der Waals surface area contributed by atoms with Gasteiger partial charge in [-0.1, -0.05) is 352 Å². The maximum atomic E-state index is 19.4. The Morgan fingerprint density at radius 2 is 0.329 bits per heavy atom. The first-order chi connectivity index (χ1) is 40.5. The quantitative estimate of drug-likeness (QED) is 0.102. The molecule has 4 heteroatoms. The molecule has 0 saturated heterocycles. The van der Waals surface area contributed by atoms with Crippen LogP contribution in [-0.4, -0.2) is 8.42 Å². The fourth-order valence-corrected chi connectivity index (χ4v) is 18.4. The van der Waals surface area contributed by atoms with Crippen LogP contribution in [0.4, 0.5) is 0 Å². The summed E-state index contributed by atoms with van der Waals surface area (Å²) in [6, 6.07) is 127. The van der Waals surface area contributed by atoms with Gasteiger partial charge in [0.1, 0.15) is 5.75 Å². The molecule has 1 aliphatic rings. The van der Waals surface area contributed by atoms with Crippen LogP contribution < -0.4 is 4.18 Å². The maximum absolute atomic E-state index is 19.4. The molecular formula is C78H60O3S. The number of hydrogen-bond acceptors (Lipinski definition) is 3. The van der Waals surface area contributed by atoms with Gasteiger partial charge in [-0.25, -0.2) is 0 Å². The van der Waals surface area contributed by atoms with Crippen LogP contribution in [0.3, 0.4) is 0 Å². The highest BCUT2D eigenvalue weighted by Gasteiger charge is 2.94. The molecule has 1 saturated carbocycles. The smallest absolute Gasteiger partial charge is 0.321 e. The molecule has 0 aromatic heterocycles. The van der Waals surface area contributed by atoms with Crippen LogP contribution in [0.5, 0.6) is 5.75 Å². The molecule has 0 atom stereocenters. The van der Waals surface area contributed by atoms with Gasteiger partial charge in [-0.2, -0.15) is 8.42 Å². The molecule has 1 aliphatic carbocycles. The van der Waals surface area contributed by atoms with Crippen LogP contribution >= 0.6 is 0 Å². The first-order valence-electron chi connectivity index (χ1n) is 28.1. The summed E-state index contributed by atoms with van der Waals surface area (Å²) in [7, 11) is -5.35. The van der Waals surface area contributed by atoms with Gasteiger partial charge >= 0.3 is 10.1 Å². The molecule has 13 rings (SSSR count). The Balaban J connectivity index is 1.58. The van der Waals surface area contributed by atoms with Crippen LogP contribution in [-0.2, 0) is 41.9 Å². The summed E-state index contributed by atoms with van der Waals surface area (Å²) in [5.41, 5.74) is 0.312. The van der Waals surface area contributed by atoms with Crippen molar-refractivity contribution in [2.75, 3.05) is 0 Å². The lowest BCUT2D eigenvalue weighted by atomic mass is 9.19. The van der Waals surface area contributed by atoms with E-state index < -0.39 is 41.9 Å². The van der Waals surface area contributed by atoms with Gasteiger partial charge in [0.2, 0.25) is 0 Å². The Kier molecular flexibility index (Phi) is 13.3. The fraction of sp³-hybridized carbons (Fsp3) is 0.0769. The monoisotopic (exact) mass is 1080 g/mol. The molecule has 396 valence electrons. The van der Waals surface area contributed by atoms with Crippen molar-refractivity contribution < 1.29 is 12.6 Å². The summed E-state index contributed by atoms with van der Waals surface area (Å²) in [6.07, 6.45) is 0. The Bertz CT molecular complexity index is 3760. The third-order valence-corrected chi connectivity index (χ3v) is 19.9. The van der Waals surface area contributed by atoms with Crippen molar-refractivity contribution >= 4 is 10.1 Å². The number of para-hydroxylation sites is 1. The van der Waals surface area contributed by atoms with Gasteiger partial charge in [-0.3, -0.25) is 0 Å². The Morgan fingerprint density at radius 3 is 0.524 bits per heavy atom. The zero-order valence-corrected chi connectivity index (χ0v) is 46.1. The van der Waals surface area contributed by atoms with Crippen LogP contribution in [0.15, 0.2) is 364 Å². The minimum absolute atomic E-state index is 0.181. The summed E-state index contributed by atoms with van der Waals surface area (Å²) < 4.78 is 43.8. The van der Waals surface area contributed by atoms with Crippen molar-refractivity contribution in [3.8, 4) is 5.75 Å². The van der Waals surface area contributed by atoms with Gasteiger partial charge in [0.05, 0.1) is 27.1 Å².